The first-order chi connectivity index (χ1) is 18.8. The molecular weight excluding hydrogens is 478 g/mol. The monoisotopic (exact) mass is 511 g/mol. The first kappa shape index (κ1) is 24.3. The number of aromatic amines is 2. The van der Waals surface area contributed by atoms with E-state index in [2.05, 4.69) is 78.1 Å². The fraction of sp³-hybridized carbons (Fsp3) is 0.310. The molecule has 1 aliphatic heterocycles. The third-order valence-corrected chi connectivity index (χ3v) is 6.94. The number of fused-ring (bicyclic) bond motifs is 2. The van der Waals surface area contributed by atoms with Gasteiger partial charge >= 0.3 is 0 Å². The Morgan fingerprint density at radius 2 is 1.89 bits per heavy atom. The van der Waals surface area contributed by atoms with E-state index >= 15 is 0 Å². The van der Waals surface area contributed by atoms with Crippen molar-refractivity contribution < 1.29 is 9.47 Å². The normalized spacial score (nSPS) is 14.2. The van der Waals surface area contributed by atoms with E-state index < -0.39 is 0 Å². The van der Waals surface area contributed by atoms with Crippen LogP contribution in [0.25, 0.3) is 21.8 Å². The van der Waals surface area contributed by atoms with Gasteiger partial charge in [-0.15, -0.1) is 0 Å². The van der Waals surface area contributed by atoms with Crippen molar-refractivity contribution in [2.24, 2.45) is 0 Å². The molecule has 9 heteroatoms. The lowest BCUT2D eigenvalue weighted by atomic mass is 10.1. The molecule has 6 rings (SSSR count). The molecule has 1 fully saturated rings. The van der Waals surface area contributed by atoms with Gasteiger partial charge in [-0.1, -0.05) is 6.07 Å². The van der Waals surface area contributed by atoms with Gasteiger partial charge in [-0.25, -0.2) is 4.98 Å². The lowest BCUT2D eigenvalue weighted by Gasteiger charge is -2.26. The molecule has 0 atom stereocenters. The van der Waals surface area contributed by atoms with Crippen LogP contribution < -0.4 is 15.4 Å². The summed E-state index contributed by atoms with van der Waals surface area (Å²) in [7, 11) is 0. The molecule has 3 aromatic heterocycles. The Balaban J connectivity index is 1.01. The third-order valence-electron chi connectivity index (χ3n) is 6.94. The van der Waals surface area contributed by atoms with E-state index in [1.807, 2.05) is 18.3 Å². The van der Waals surface area contributed by atoms with Gasteiger partial charge in [0.1, 0.15) is 18.2 Å². The number of H-pyrrole nitrogens is 2. The number of nitrogens with zero attached hydrogens (tertiary/aromatic N) is 3. The molecule has 0 spiro atoms. The predicted octanol–water partition coefficient (Wildman–Crippen LogP) is 4.42. The van der Waals surface area contributed by atoms with E-state index in [1.165, 1.54) is 21.9 Å². The van der Waals surface area contributed by atoms with Gasteiger partial charge in [-0.3, -0.25) is 4.90 Å². The second kappa shape index (κ2) is 11.5. The van der Waals surface area contributed by atoms with Gasteiger partial charge in [0.15, 0.2) is 0 Å². The molecule has 4 heterocycles. The molecule has 1 aliphatic rings. The highest BCUT2D eigenvalue weighted by molar-refractivity contribution is 5.84. The minimum absolute atomic E-state index is 0.607. The standard InChI is InChI=1S/C29H33N7O2/c1-3-26-22(5-8-30-26)17-21(1)19-34-29-32-10-7-28(35-29)31-9-6-23-20-33-27-4-2-24(18-25(23)27)38-16-13-36-11-14-37-15-12-36/h1-5,7-8,10,17-18,20,30,33H,6,9,11-16,19H2,(H2,31,32,34,35). The third kappa shape index (κ3) is 5.90. The van der Waals surface area contributed by atoms with Crippen molar-refractivity contribution in [3.8, 4) is 5.75 Å². The molecule has 196 valence electrons. The van der Waals surface area contributed by atoms with Gasteiger partial charge < -0.3 is 30.1 Å². The molecular formula is C29H33N7O2. The summed E-state index contributed by atoms with van der Waals surface area (Å²) in [6, 6.07) is 16.6. The highest BCUT2D eigenvalue weighted by Gasteiger charge is 2.11. The van der Waals surface area contributed by atoms with Gasteiger partial charge in [-0.05, 0) is 65.4 Å². The Morgan fingerprint density at radius 1 is 0.974 bits per heavy atom. The van der Waals surface area contributed by atoms with Crippen molar-refractivity contribution in [2.75, 3.05) is 56.6 Å². The molecule has 0 aliphatic carbocycles. The van der Waals surface area contributed by atoms with Gasteiger partial charge in [0.25, 0.3) is 0 Å². The number of ether oxygens (including phenoxy) is 2. The summed E-state index contributed by atoms with van der Waals surface area (Å²) in [5, 5.41) is 9.16. The SMILES string of the molecule is c1cc(NCCc2c[nH]c3ccc(OCCN4CCOCC4)cc23)nc(NCc2ccc3[nH]ccc3c2)n1. The number of hydrogen-bond donors (Lipinski definition) is 4. The molecule has 9 nitrogen and oxygen atoms in total. The number of anilines is 2. The first-order valence-corrected chi connectivity index (χ1v) is 13.2. The number of rotatable bonds is 11. The van der Waals surface area contributed by atoms with E-state index in [1.54, 1.807) is 6.20 Å². The number of hydrogen-bond acceptors (Lipinski definition) is 7. The van der Waals surface area contributed by atoms with Crippen LogP contribution in [0.2, 0.25) is 0 Å². The van der Waals surface area contributed by atoms with Crippen molar-refractivity contribution >= 4 is 33.6 Å². The lowest BCUT2D eigenvalue weighted by Crippen LogP contribution is -2.38. The Morgan fingerprint density at radius 3 is 2.84 bits per heavy atom. The van der Waals surface area contributed by atoms with Crippen LogP contribution in [0.4, 0.5) is 11.8 Å². The van der Waals surface area contributed by atoms with Crippen molar-refractivity contribution in [1.29, 1.82) is 0 Å². The van der Waals surface area contributed by atoms with E-state index in [0.29, 0.717) is 19.1 Å². The Bertz CT molecular complexity index is 1490. The van der Waals surface area contributed by atoms with Crippen LogP contribution in [-0.4, -0.2) is 70.8 Å². The molecule has 2 aromatic carbocycles. The topological polar surface area (TPSA) is 103 Å². The number of aromatic nitrogens is 4. The highest BCUT2D eigenvalue weighted by atomic mass is 16.5. The molecule has 0 bridgehead atoms. The van der Waals surface area contributed by atoms with Crippen molar-refractivity contribution in [1.82, 2.24) is 24.8 Å². The average molecular weight is 512 g/mol. The Hall–Kier alpha value is -4.08. The maximum atomic E-state index is 6.06. The quantitative estimate of drug-likeness (QED) is 0.208. The lowest BCUT2D eigenvalue weighted by molar-refractivity contribution is 0.0322. The molecule has 0 unspecified atom stereocenters. The van der Waals surface area contributed by atoms with E-state index in [4.69, 9.17) is 9.47 Å². The van der Waals surface area contributed by atoms with Crippen LogP contribution in [0.15, 0.2) is 67.1 Å². The Labute approximate surface area is 221 Å². The second-order valence-corrected chi connectivity index (χ2v) is 9.52. The van der Waals surface area contributed by atoms with Crippen molar-refractivity contribution in [2.45, 2.75) is 13.0 Å². The molecule has 5 aromatic rings. The summed E-state index contributed by atoms with van der Waals surface area (Å²) in [5.41, 5.74) is 4.69. The van der Waals surface area contributed by atoms with Crippen LogP contribution in [0.5, 0.6) is 5.75 Å². The van der Waals surface area contributed by atoms with Gasteiger partial charge in [0.2, 0.25) is 5.95 Å². The number of morpholine rings is 1. The molecule has 0 amide bonds. The molecule has 0 saturated carbocycles. The largest absolute Gasteiger partial charge is 0.492 e. The molecule has 4 N–H and O–H groups in total. The van der Waals surface area contributed by atoms with Crippen molar-refractivity contribution in [3.63, 3.8) is 0 Å². The Kier molecular flexibility index (Phi) is 7.37. The van der Waals surface area contributed by atoms with E-state index in [9.17, 15) is 0 Å². The van der Waals surface area contributed by atoms with Crippen LogP contribution in [-0.2, 0) is 17.7 Å². The summed E-state index contributed by atoms with van der Waals surface area (Å²) in [4.78, 5) is 18.0. The summed E-state index contributed by atoms with van der Waals surface area (Å²) in [6.07, 6.45) is 6.68. The van der Waals surface area contributed by atoms with Crippen LogP contribution in [0.1, 0.15) is 11.1 Å². The summed E-state index contributed by atoms with van der Waals surface area (Å²) < 4.78 is 11.5. The molecule has 0 radical (unpaired) electrons. The summed E-state index contributed by atoms with van der Waals surface area (Å²) in [5.74, 6) is 2.31. The van der Waals surface area contributed by atoms with Crippen molar-refractivity contribution in [3.05, 3.63) is 78.2 Å². The fourth-order valence-electron chi connectivity index (χ4n) is 4.83. The van der Waals surface area contributed by atoms with Gasteiger partial charge in [-0.2, -0.15) is 4.98 Å². The average Bonchev–Trinajstić information content (AvgIpc) is 3.59. The van der Waals surface area contributed by atoms with Crippen LogP contribution >= 0.6 is 0 Å². The zero-order valence-electron chi connectivity index (χ0n) is 21.4. The second-order valence-electron chi connectivity index (χ2n) is 9.52. The number of benzene rings is 2. The molecule has 1 saturated heterocycles. The van der Waals surface area contributed by atoms with Crippen LogP contribution in [0.3, 0.4) is 0 Å². The zero-order chi connectivity index (χ0) is 25.6. The highest BCUT2D eigenvalue weighted by Crippen LogP contribution is 2.24. The zero-order valence-corrected chi connectivity index (χ0v) is 21.4. The summed E-state index contributed by atoms with van der Waals surface area (Å²) in [6.45, 7) is 6.60. The first-order valence-electron chi connectivity index (χ1n) is 13.2. The predicted molar refractivity (Wildman–Crippen MR) is 151 cm³/mol. The van der Waals surface area contributed by atoms with Crippen LogP contribution in [0, 0.1) is 0 Å². The minimum atomic E-state index is 0.607. The fourth-order valence-corrected chi connectivity index (χ4v) is 4.83. The minimum Gasteiger partial charge on any atom is -0.492 e. The molecule has 38 heavy (non-hydrogen) atoms. The maximum absolute atomic E-state index is 6.06. The smallest absolute Gasteiger partial charge is 0.224 e. The maximum Gasteiger partial charge on any atom is 0.224 e. The van der Waals surface area contributed by atoms with Gasteiger partial charge in [0, 0.05) is 67.7 Å². The van der Waals surface area contributed by atoms with E-state index in [-0.39, 0.29) is 0 Å². The van der Waals surface area contributed by atoms with E-state index in [0.717, 1.165) is 68.4 Å². The summed E-state index contributed by atoms with van der Waals surface area (Å²) >= 11 is 0. The number of nitrogens with one attached hydrogen (secondary N) is 4. The van der Waals surface area contributed by atoms with Gasteiger partial charge in [0.05, 0.1) is 13.2 Å².